The lowest BCUT2D eigenvalue weighted by Gasteiger charge is -2.26. The second-order valence-electron chi connectivity index (χ2n) is 9.83. The maximum absolute atomic E-state index is 15.1. The number of amides is 1. The van der Waals surface area contributed by atoms with E-state index in [0.29, 0.717) is 30.3 Å². The number of H-pyrrole nitrogens is 1. The molecule has 10 heteroatoms. The molecule has 1 aliphatic heterocycles. The number of hydrogen-bond acceptors (Lipinski definition) is 4. The Kier molecular flexibility index (Phi) is 6.27. The smallest absolute Gasteiger partial charge is 0.333 e. The summed E-state index contributed by atoms with van der Waals surface area (Å²) in [5.74, 6) is -6.05. The lowest BCUT2D eigenvalue weighted by Crippen LogP contribution is -2.43. The fourth-order valence-electron chi connectivity index (χ4n) is 4.71. The van der Waals surface area contributed by atoms with Crippen molar-refractivity contribution in [3.63, 3.8) is 0 Å². The van der Waals surface area contributed by atoms with E-state index in [1.54, 1.807) is 11.3 Å². The van der Waals surface area contributed by atoms with Crippen LogP contribution in [0.2, 0.25) is 5.02 Å². The Labute approximate surface area is 215 Å². The molecule has 5 nitrogen and oxygen atoms in total. The molecule has 0 spiro atoms. The third kappa shape index (κ3) is 4.16. The van der Waals surface area contributed by atoms with Crippen LogP contribution in [0.3, 0.4) is 0 Å². The van der Waals surface area contributed by atoms with Gasteiger partial charge in [0.1, 0.15) is 5.82 Å². The van der Waals surface area contributed by atoms with Crippen molar-refractivity contribution < 1.29 is 18.0 Å². The number of carbonyl (C=O) groups is 1. The molecule has 1 aromatic carbocycles. The predicted molar refractivity (Wildman–Crippen MR) is 132 cm³/mol. The molecule has 3 aromatic rings. The Bertz CT molecular complexity index is 1400. The summed E-state index contributed by atoms with van der Waals surface area (Å²) in [4.78, 5) is 35.8. The first-order valence-corrected chi connectivity index (χ1v) is 13.1. The van der Waals surface area contributed by atoms with Gasteiger partial charge in [-0.25, -0.2) is 9.37 Å². The van der Waals surface area contributed by atoms with E-state index in [2.05, 4.69) is 30.3 Å². The first kappa shape index (κ1) is 25.0. The van der Waals surface area contributed by atoms with Gasteiger partial charge in [0.2, 0.25) is 0 Å². The van der Waals surface area contributed by atoms with Crippen molar-refractivity contribution in [2.45, 2.75) is 63.3 Å². The molecule has 36 heavy (non-hydrogen) atoms. The number of hydrogen-bond donors (Lipinski definition) is 1. The molecule has 5 rings (SSSR count). The van der Waals surface area contributed by atoms with Gasteiger partial charge in [-0.1, -0.05) is 31.5 Å². The van der Waals surface area contributed by atoms with Gasteiger partial charge in [0.05, 0.1) is 33.8 Å². The Balaban J connectivity index is 1.45. The van der Waals surface area contributed by atoms with E-state index in [-0.39, 0.29) is 24.1 Å². The van der Waals surface area contributed by atoms with Crippen molar-refractivity contribution in [3.05, 3.63) is 83.9 Å². The van der Waals surface area contributed by atoms with Crippen LogP contribution in [0.1, 0.15) is 72.1 Å². The zero-order chi connectivity index (χ0) is 25.8. The number of benzene rings is 1. The highest BCUT2D eigenvalue weighted by Gasteiger charge is 2.50. The first-order valence-electron chi connectivity index (χ1n) is 11.9. The van der Waals surface area contributed by atoms with Crippen LogP contribution >= 0.6 is 22.9 Å². The standard InChI is InChI=1S/C26H25ClF3N3O2S/c1-14(2)15-11-20(36-13-15)25(8-9-25)23-31-19-7-4-10-33(12-16(19)22(34)32-23)24(35)26(29,30)17-5-3-6-18(27)21(17)28/h3,5-6,11,13-14H,4,7-10,12H2,1-2H3,(H,31,32,34). The summed E-state index contributed by atoms with van der Waals surface area (Å²) in [5, 5.41) is 1.64. The molecule has 2 aliphatic rings. The summed E-state index contributed by atoms with van der Waals surface area (Å²) in [5.41, 5.74) is 0.109. The number of carbonyl (C=O) groups excluding carboxylic acids is 1. The number of halogens is 4. The van der Waals surface area contributed by atoms with Gasteiger partial charge < -0.3 is 9.88 Å². The lowest BCUT2D eigenvalue weighted by molar-refractivity contribution is -0.160. The highest BCUT2D eigenvalue weighted by atomic mass is 35.5. The number of alkyl halides is 2. The molecule has 3 heterocycles. The van der Waals surface area contributed by atoms with E-state index < -0.39 is 33.8 Å². The minimum absolute atomic E-state index is 0.00441. The largest absolute Gasteiger partial charge is 0.352 e. The number of aromatic amines is 1. The van der Waals surface area contributed by atoms with Crippen LogP contribution in [0.5, 0.6) is 0 Å². The van der Waals surface area contributed by atoms with Crippen LogP contribution in [0.25, 0.3) is 0 Å². The zero-order valence-electron chi connectivity index (χ0n) is 19.8. The van der Waals surface area contributed by atoms with Gasteiger partial charge in [0.25, 0.3) is 11.5 Å². The third-order valence-electron chi connectivity index (χ3n) is 7.10. The summed E-state index contributed by atoms with van der Waals surface area (Å²) in [6, 6.07) is 5.32. The van der Waals surface area contributed by atoms with Crippen LogP contribution in [-0.4, -0.2) is 27.3 Å². The summed E-state index contributed by atoms with van der Waals surface area (Å²) >= 11 is 7.31. The van der Waals surface area contributed by atoms with E-state index in [1.807, 2.05) is 0 Å². The van der Waals surface area contributed by atoms with Gasteiger partial charge in [0, 0.05) is 11.4 Å². The molecule has 1 N–H and O–H groups in total. The maximum atomic E-state index is 15.1. The minimum Gasteiger partial charge on any atom is -0.333 e. The highest BCUT2D eigenvalue weighted by Crippen LogP contribution is 2.54. The monoisotopic (exact) mass is 535 g/mol. The molecule has 1 aliphatic carbocycles. The van der Waals surface area contributed by atoms with Crippen molar-refractivity contribution in [1.29, 1.82) is 0 Å². The Morgan fingerprint density at radius 3 is 2.72 bits per heavy atom. The van der Waals surface area contributed by atoms with Crippen LogP contribution in [-0.2, 0) is 29.1 Å². The molecule has 1 amide bonds. The van der Waals surface area contributed by atoms with Crippen LogP contribution < -0.4 is 5.56 Å². The van der Waals surface area contributed by atoms with Crippen molar-refractivity contribution in [2.24, 2.45) is 0 Å². The molecule has 0 bridgehead atoms. The third-order valence-corrected chi connectivity index (χ3v) is 8.54. The van der Waals surface area contributed by atoms with E-state index >= 15 is 8.78 Å². The Morgan fingerprint density at radius 2 is 2.06 bits per heavy atom. The second kappa shape index (κ2) is 9.03. The van der Waals surface area contributed by atoms with Gasteiger partial charge in [-0.2, -0.15) is 8.78 Å². The summed E-state index contributed by atoms with van der Waals surface area (Å²) < 4.78 is 44.4. The van der Waals surface area contributed by atoms with Crippen molar-refractivity contribution >= 4 is 28.8 Å². The second-order valence-corrected chi connectivity index (χ2v) is 11.1. The molecule has 0 radical (unpaired) electrons. The van der Waals surface area contributed by atoms with Gasteiger partial charge in [-0.3, -0.25) is 9.59 Å². The summed E-state index contributed by atoms with van der Waals surface area (Å²) in [6.07, 6.45) is 2.47. The van der Waals surface area contributed by atoms with Crippen LogP contribution in [0.15, 0.2) is 34.4 Å². The fraction of sp³-hybridized carbons (Fsp3) is 0.423. The van der Waals surface area contributed by atoms with Gasteiger partial charge in [-0.05, 0) is 60.7 Å². The van der Waals surface area contributed by atoms with E-state index in [4.69, 9.17) is 16.6 Å². The maximum Gasteiger partial charge on any atom is 0.352 e. The molecule has 0 saturated heterocycles. The molecule has 190 valence electrons. The van der Waals surface area contributed by atoms with Crippen LogP contribution in [0, 0.1) is 5.82 Å². The van der Waals surface area contributed by atoms with Crippen molar-refractivity contribution in [2.75, 3.05) is 6.54 Å². The number of thiophene rings is 1. The van der Waals surface area contributed by atoms with Crippen molar-refractivity contribution in [3.8, 4) is 0 Å². The summed E-state index contributed by atoms with van der Waals surface area (Å²) in [6.45, 7) is 3.93. The molecule has 1 saturated carbocycles. The van der Waals surface area contributed by atoms with Gasteiger partial charge in [0.15, 0.2) is 5.82 Å². The van der Waals surface area contributed by atoms with E-state index in [1.165, 1.54) is 11.6 Å². The number of aryl methyl sites for hydroxylation is 1. The molecule has 0 unspecified atom stereocenters. The Morgan fingerprint density at radius 1 is 1.31 bits per heavy atom. The lowest BCUT2D eigenvalue weighted by atomic mass is 9.99. The SMILES string of the molecule is CC(C)c1csc(C2(c3nc4c(c(=O)[nH]3)CN(C(=O)C(F)(F)c3cccc(Cl)c3F)CCC4)CC2)c1. The minimum atomic E-state index is -4.13. The molecular formula is C26H25ClF3N3O2S. The quantitative estimate of drug-likeness (QED) is 0.443. The molecule has 2 aromatic heterocycles. The zero-order valence-corrected chi connectivity index (χ0v) is 21.4. The van der Waals surface area contributed by atoms with E-state index in [9.17, 15) is 14.0 Å². The normalized spacial score (nSPS) is 17.1. The van der Waals surface area contributed by atoms with Gasteiger partial charge in [-0.15, -0.1) is 11.3 Å². The number of rotatable bonds is 5. The van der Waals surface area contributed by atoms with E-state index in [0.717, 1.165) is 34.8 Å². The van der Waals surface area contributed by atoms with Crippen LogP contribution in [0.4, 0.5) is 13.2 Å². The molecular weight excluding hydrogens is 511 g/mol. The first-order chi connectivity index (χ1) is 17.0. The summed E-state index contributed by atoms with van der Waals surface area (Å²) in [7, 11) is 0. The average Bonchev–Trinajstić information content (AvgIpc) is 3.54. The predicted octanol–water partition coefficient (Wildman–Crippen LogP) is 5.89. The molecule has 0 atom stereocenters. The topological polar surface area (TPSA) is 66.1 Å². The van der Waals surface area contributed by atoms with Crippen molar-refractivity contribution in [1.82, 2.24) is 14.9 Å². The average molecular weight is 536 g/mol. The number of fused-ring (bicyclic) bond motifs is 1. The highest BCUT2D eigenvalue weighted by molar-refractivity contribution is 7.10. The Hall–Kier alpha value is -2.65. The number of aromatic nitrogens is 2. The fourth-order valence-corrected chi connectivity index (χ4v) is 6.22. The number of nitrogens with one attached hydrogen (secondary N) is 1. The number of nitrogens with zero attached hydrogens (tertiary/aromatic N) is 2. The van der Waals surface area contributed by atoms with Gasteiger partial charge >= 0.3 is 5.92 Å². The molecule has 1 fully saturated rings.